The summed E-state index contributed by atoms with van der Waals surface area (Å²) in [6, 6.07) is 13.9. The van der Waals surface area contributed by atoms with Crippen LogP contribution in [0.5, 0.6) is 5.75 Å². The highest BCUT2D eigenvalue weighted by Gasteiger charge is 2.30. The minimum Gasteiger partial charge on any atom is -0.479 e. The van der Waals surface area contributed by atoms with Crippen LogP contribution in [0, 0.1) is 11.6 Å². The van der Waals surface area contributed by atoms with Crippen molar-refractivity contribution in [2.24, 2.45) is 0 Å². The standard InChI is InChI=1S/C21H17F2N3O4/c22-16-7-4-8-17(23)20(16)29-13-15-11-18(24-30-15)21(28)25-9-10-26(19(27)12-25)14-5-2-1-3-6-14/h1-8,11H,9-10,12-13H2. The molecule has 0 N–H and O–H groups in total. The number of hydrogen-bond acceptors (Lipinski definition) is 5. The maximum atomic E-state index is 13.6. The molecule has 2 heterocycles. The number of anilines is 1. The summed E-state index contributed by atoms with van der Waals surface area (Å²) in [5, 5.41) is 3.69. The Morgan fingerprint density at radius 1 is 1.07 bits per heavy atom. The number of hydrogen-bond donors (Lipinski definition) is 0. The van der Waals surface area contributed by atoms with E-state index in [0.29, 0.717) is 13.1 Å². The largest absolute Gasteiger partial charge is 0.479 e. The van der Waals surface area contributed by atoms with Crippen molar-refractivity contribution in [2.45, 2.75) is 6.61 Å². The summed E-state index contributed by atoms with van der Waals surface area (Å²) >= 11 is 0. The Bertz CT molecular complexity index is 1050. The van der Waals surface area contributed by atoms with E-state index in [9.17, 15) is 18.4 Å². The van der Waals surface area contributed by atoms with Gasteiger partial charge in [-0.15, -0.1) is 0 Å². The number of para-hydroxylation sites is 2. The van der Waals surface area contributed by atoms with Crippen molar-refractivity contribution in [1.82, 2.24) is 10.1 Å². The molecular weight excluding hydrogens is 396 g/mol. The summed E-state index contributed by atoms with van der Waals surface area (Å²) in [6.07, 6.45) is 0. The van der Waals surface area contributed by atoms with Crippen LogP contribution in [0.25, 0.3) is 0 Å². The minimum absolute atomic E-state index is 0.0106. The molecule has 7 nitrogen and oxygen atoms in total. The molecule has 30 heavy (non-hydrogen) atoms. The van der Waals surface area contributed by atoms with E-state index in [0.717, 1.165) is 17.8 Å². The third-order valence-corrected chi connectivity index (χ3v) is 4.63. The number of nitrogens with zero attached hydrogens (tertiary/aromatic N) is 3. The molecule has 4 rings (SSSR count). The zero-order chi connectivity index (χ0) is 21.1. The van der Waals surface area contributed by atoms with Crippen molar-refractivity contribution in [3.05, 3.63) is 77.7 Å². The molecule has 0 atom stereocenters. The highest BCUT2D eigenvalue weighted by Crippen LogP contribution is 2.22. The average Bonchev–Trinajstić information content (AvgIpc) is 3.22. The molecule has 154 valence electrons. The van der Waals surface area contributed by atoms with Gasteiger partial charge in [-0.1, -0.05) is 29.4 Å². The molecule has 0 radical (unpaired) electrons. The van der Waals surface area contributed by atoms with Gasteiger partial charge >= 0.3 is 0 Å². The van der Waals surface area contributed by atoms with Crippen LogP contribution in [-0.4, -0.2) is 41.5 Å². The summed E-state index contributed by atoms with van der Waals surface area (Å²) in [5.41, 5.74) is 0.763. The number of aromatic nitrogens is 1. The van der Waals surface area contributed by atoms with Gasteiger partial charge in [0.15, 0.2) is 28.8 Å². The van der Waals surface area contributed by atoms with Gasteiger partial charge in [0.25, 0.3) is 5.91 Å². The monoisotopic (exact) mass is 413 g/mol. The highest BCUT2D eigenvalue weighted by molar-refractivity contribution is 6.00. The molecule has 0 bridgehead atoms. The first-order chi connectivity index (χ1) is 14.5. The molecule has 1 aromatic heterocycles. The Hall–Kier alpha value is -3.75. The second-order valence-corrected chi connectivity index (χ2v) is 6.63. The quantitative estimate of drug-likeness (QED) is 0.643. The van der Waals surface area contributed by atoms with E-state index in [-0.39, 0.29) is 30.5 Å². The van der Waals surface area contributed by atoms with E-state index >= 15 is 0 Å². The summed E-state index contributed by atoms with van der Waals surface area (Å²) < 4.78 is 37.4. The first-order valence-corrected chi connectivity index (χ1v) is 9.20. The molecule has 2 amide bonds. The van der Waals surface area contributed by atoms with Gasteiger partial charge in [-0.2, -0.15) is 0 Å². The lowest BCUT2D eigenvalue weighted by atomic mass is 10.2. The van der Waals surface area contributed by atoms with Gasteiger partial charge in [-0.3, -0.25) is 9.59 Å². The molecule has 0 spiro atoms. The normalized spacial score (nSPS) is 14.1. The van der Waals surface area contributed by atoms with Crippen LogP contribution in [-0.2, 0) is 11.4 Å². The van der Waals surface area contributed by atoms with Crippen LogP contribution in [0.15, 0.2) is 59.1 Å². The lowest BCUT2D eigenvalue weighted by Crippen LogP contribution is -2.52. The SMILES string of the molecule is O=C(c1cc(COc2c(F)cccc2F)on1)N1CCN(c2ccccc2)C(=O)C1. The Labute approximate surface area is 170 Å². The first-order valence-electron chi connectivity index (χ1n) is 9.20. The Balaban J connectivity index is 1.38. The summed E-state index contributed by atoms with van der Waals surface area (Å²) in [5.74, 6) is -2.79. The van der Waals surface area contributed by atoms with E-state index in [4.69, 9.17) is 9.26 Å². The van der Waals surface area contributed by atoms with Gasteiger partial charge in [0.05, 0.1) is 0 Å². The molecule has 1 aliphatic heterocycles. The predicted octanol–water partition coefficient (Wildman–Crippen LogP) is 3.02. The van der Waals surface area contributed by atoms with Crippen molar-refractivity contribution < 1.29 is 27.6 Å². The third kappa shape index (κ3) is 4.00. The lowest BCUT2D eigenvalue weighted by Gasteiger charge is -2.33. The zero-order valence-electron chi connectivity index (χ0n) is 15.8. The van der Waals surface area contributed by atoms with Crippen molar-refractivity contribution >= 4 is 17.5 Å². The fourth-order valence-corrected chi connectivity index (χ4v) is 3.13. The number of carbonyl (C=O) groups is 2. The van der Waals surface area contributed by atoms with Crippen molar-refractivity contribution in [1.29, 1.82) is 0 Å². The van der Waals surface area contributed by atoms with Gasteiger partial charge in [-0.25, -0.2) is 8.78 Å². The van der Waals surface area contributed by atoms with E-state index in [1.165, 1.54) is 17.0 Å². The molecule has 3 aromatic rings. The van der Waals surface area contributed by atoms with E-state index in [2.05, 4.69) is 5.16 Å². The Kier molecular flexibility index (Phi) is 5.42. The number of halogens is 2. The number of benzene rings is 2. The highest BCUT2D eigenvalue weighted by atomic mass is 19.1. The van der Waals surface area contributed by atoms with E-state index in [1.807, 2.05) is 30.3 Å². The van der Waals surface area contributed by atoms with Crippen LogP contribution >= 0.6 is 0 Å². The number of amides is 2. The maximum Gasteiger partial charge on any atom is 0.276 e. The van der Waals surface area contributed by atoms with Gasteiger partial charge in [-0.05, 0) is 24.3 Å². The van der Waals surface area contributed by atoms with Gasteiger partial charge in [0.2, 0.25) is 5.91 Å². The molecule has 1 fully saturated rings. The fraction of sp³-hybridized carbons (Fsp3) is 0.190. The summed E-state index contributed by atoms with van der Waals surface area (Å²) in [6.45, 7) is 0.291. The smallest absolute Gasteiger partial charge is 0.276 e. The maximum absolute atomic E-state index is 13.6. The topological polar surface area (TPSA) is 75.9 Å². The third-order valence-electron chi connectivity index (χ3n) is 4.63. The van der Waals surface area contributed by atoms with Crippen molar-refractivity contribution in [3.8, 4) is 5.75 Å². The first kappa shape index (κ1) is 19.6. The lowest BCUT2D eigenvalue weighted by molar-refractivity contribution is -0.120. The van der Waals surface area contributed by atoms with Crippen molar-refractivity contribution in [3.63, 3.8) is 0 Å². The molecule has 0 aliphatic carbocycles. The summed E-state index contributed by atoms with van der Waals surface area (Å²) in [7, 11) is 0. The van der Waals surface area contributed by atoms with Crippen molar-refractivity contribution in [2.75, 3.05) is 24.5 Å². The second-order valence-electron chi connectivity index (χ2n) is 6.63. The van der Waals surface area contributed by atoms with Crippen LogP contribution in [0.4, 0.5) is 14.5 Å². The second kappa shape index (κ2) is 8.32. The Morgan fingerprint density at radius 2 is 1.80 bits per heavy atom. The molecular formula is C21H17F2N3O4. The fourth-order valence-electron chi connectivity index (χ4n) is 3.13. The molecule has 2 aromatic carbocycles. The molecule has 9 heteroatoms. The Morgan fingerprint density at radius 3 is 2.50 bits per heavy atom. The number of rotatable bonds is 5. The number of carbonyl (C=O) groups excluding carboxylic acids is 2. The van der Waals surface area contributed by atoms with Crippen LogP contribution < -0.4 is 9.64 Å². The van der Waals surface area contributed by atoms with Crippen LogP contribution in [0.2, 0.25) is 0 Å². The van der Waals surface area contributed by atoms with E-state index in [1.54, 1.807) is 4.90 Å². The predicted molar refractivity (Wildman–Crippen MR) is 102 cm³/mol. The minimum atomic E-state index is -0.847. The molecule has 0 unspecified atom stereocenters. The van der Waals surface area contributed by atoms with Crippen LogP contribution in [0.1, 0.15) is 16.2 Å². The van der Waals surface area contributed by atoms with Gasteiger partial charge < -0.3 is 19.1 Å². The molecule has 1 aliphatic rings. The molecule has 1 saturated heterocycles. The molecule has 0 saturated carbocycles. The van der Waals surface area contributed by atoms with Crippen LogP contribution in [0.3, 0.4) is 0 Å². The summed E-state index contributed by atoms with van der Waals surface area (Å²) in [4.78, 5) is 28.1. The number of ether oxygens (including phenoxy) is 1. The van der Waals surface area contributed by atoms with Gasteiger partial charge in [0, 0.05) is 24.8 Å². The zero-order valence-corrected chi connectivity index (χ0v) is 15.8. The van der Waals surface area contributed by atoms with E-state index < -0.39 is 23.3 Å². The number of piperazine rings is 1. The van der Waals surface area contributed by atoms with Gasteiger partial charge in [0.1, 0.15) is 13.2 Å². The average molecular weight is 413 g/mol.